The summed E-state index contributed by atoms with van der Waals surface area (Å²) in [4.78, 5) is 12.4. The number of benzene rings is 2. The summed E-state index contributed by atoms with van der Waals surface area (Å²) in [5, 5.41) is 4.27. The topological polar surface area (TPSA) is 29.1 Å². The molecule has 1 amide bonds. The Morgan fingerprint density at radius 3 is 2.50 bits per heavy atom. The van der Waals surface area contributed by atoms with Crippen LogP contribution in [0.5, 0.6) is 0 Å². The SMILES string of the molecule is O=C(Cc1ccc(Cl)cc1Cl)NC(c1ccccc1)C1CC1. The second-order valence-electron chi connectivity index (χ2n) is 5.71. The normalized spacial score (nSPS) is 15.4. The standard InChI is InChI=1S/C18H17Cl2NO/c19-15-9-8-14(16(20)11-15)10-17(22)21-18(13-6-7-13)12-4-2-1-3-5-12/h1-5,8-9,11,13,18H,6-7,10H2,(H,21,22). The van der Waals surface area contributed by atoms with Crippen LogP contribution in [-0.4, -0.2) is 5.91 Å². The number of rotatable bonds is 5. The quantitative estimate of drug-likeness (QED) is 0.836. The summed E-state index contributed by atoms with van der Waals surface area (Å²) in [6, 6.07) is 15.5. The van der Waals surface area contributed by atoms with Gasteiger partial charge in [-0.05, 0) is 42.0 Å². The van der Waals surface area contributed by atoms with Crippen molar-refractivity contribution in [3.05, 3.63) is 69.7 Å². The van der Waals surface area contributed by atoms with Crippen molar-refractivity contribution >= 4 is 29.1 Å². The zero-order valence-corrected chi connectivity index (χ0v) is 13.6. The zero-order chi connectivity index (χ0) is 15.5. The number of hydrogen-bond acceptors (Lipinski definition) is 1. The summed E-state index contributed by atoms with van der Waals surface area (Å²) < 4.78 is 0. The minimum absolute atomic E-state index is 0.00928. The van der Waals surface area contributed by atoms with E-state index >= 15 is 0 Å². The molecule has 22 heavy (non-hydrogen) atoms. The van der Waals surface area contributed by atoms with Gasteiger partial charge in [-0.25, -0.2) is 0 Å². The number of carbonyl (C=O) groups is 1. The minimum atomic E-state index is -0.00928. The van der Waals surface area contributed by atoms with Gasteiger partial charge < -0.3 is 5.32 Å². The molecule has 1 N–H and O–H groups in total. The Morgan fingerprint density at radius 1 is 1.14 bits per heavy atom. The summed E-state index contributed by atoms with van der Waals surface area (Å²) >= 11 is 12.0. The molecule has 1 unspecified atom stereocenters. The smallest absolute Gasteiger partial charge is 0.224 e. The second kappa shape index (κ2) is 6.72. The van der Waals surface area contributed by atoms with E-state index < -0.39 is 0 Å². The van der Waals surface area contributed by atoms with E-state index in [1.807, 2.05) is 18.2 Å². The van der Waals surface area contributed by atoms with Crippen LogP contribution in [0, 0.1) is 5.92 Å². The van der Waals surface area contributed by atoms with E-state index in [1.54, 1.807) is 18.2 Å². The van der Waals surface area contributed by atoms with Gasteiger partial charge in [0.25, 0.3) is 0 Å². The molecule has 0 radical (unpaired) electrons. The summed E-state index contributed by atoms with van der Waals surface area (Å²) in [7, 11) is 0. The molecule has 0 bridgehead atoms. The van der Waals surface area contributed by atoms with Crippen LogP contribution in [-0.2, 0) is 11.2 Å². The van der Waals surface area contributed by atoms with Crippen LogP contribution in [0.3, 0.4) is 0 Å². The zero-order valence-electron chi connectivity index (χ0n) is 12.1. The first-order valence-electron chi connectivity index (χ1n) is 7.42. The molecule has 1 aliphatic carbocycles. The van der Waals surface area contributed by atoms with Crippen molar-refractivity contribution in [3.8, 4) is 0 Å². The fourth-order valence-electron chi connectivity index (χ4n) is 2.63. The van der Waals surface area contributed by atoms with E-state index in [-0.39, 0.29) is 18.4 Å². The molecule has 4 heteroatoms. The number of nitrogens with one attached hydrogen (secondary N) is 1. The lowest BCUT2D eigenvalue weighted by molar-refractivity contribution is -0.121. The molecule has 0 aromatic heterocycles. The Labute approximate surface area is 140 Å². The van der Waals surface area contributed by atoms with Crippen molar-refractivity contribution in [2.75, 3.05) is 0 Å². The highest BCUT2D eigenvalue weighted by Crippen LogP contribution is 2.41. The summed E-state index contributed by atoms with van der Waals surface area (Å²) in [6.07, 6.45) is 2.61. The van der Waals surface area contributed by atoms with Crippen molar-refractivity contribution < 1.29 is 4.79 Å². The minimum Gasteiger partial charge on any atom is -0.349 e. The van der Waals surface area contributed by atoms with Gasteiger partial charge in [-0.1, -0.05) is 59.6 Å². The molecule has 0 heterocycles. The summed E-state index contributed by atoms with van der Waals surface area (Å²) in [6.45, 7) is 0. The molecule has 2 nitrogen and oxygen atoms in total. The Hall–Kier alpha value is -1.51. The van der Waals surface area contributed by atoms with Gasteiger partial charge in [-0.2, -0.15) is 0 Å². The van der Waals surface area contributed by atoms with Crippen molar-refractivity contribution in [1.29, 1.82) is 0 Å². The average Bonchev–Trinajstić information content (AvgIpc) is 3.33. The molecule has 0 aliphatic heterocycles. The van der Waals surface area contributed by atoms with Gasteiger partial charge >= 0.3 is 0 Å². The molecule has 1 saturated carbocycles. The summed E-state index contributed by atoms with van der Waals surface area (Å²) in [5.74, 6) is 0.539. The molecule has 114 valence electrons. The molecule has 0 spiro atoms. The van der Waals surface area contributed by atoms with E-state index in [9.17, 15) is 4.79 Å². The maximum atomic E-state index is 12.4. The van der Waals surface area contributed by atoms with E-state index in [0.29, 0.717) is 16.0 Å². The second-order valence-corrected chi connectivity index (χ2v) is 6.55. The van der Waals surface area contributed by atoms with Crippen molar-refractivity contribution in [3.63, 3.8) is 0 Å². The van der Waals surface area contributed by atoms with Gasteiger partial charge in [-0.15, -0.1) is 0 Å². The van der Waals surface area contributed by atoms with Gasteiger partial charge in [0, 0.05) is 10.0 Å². The maximum Gasteiger partial charge on any atom is 0.224 e. The highest BCUT2D eigenvalue weighted by atomic mass is 35.5. The van der Waals surface area contributed by atoms with E-state index in [4.69, 9.17) is 23.2 Å². The number of hydrogen-bond donors (Lipinski definition) is 1. The molecular weight excluding hydrogens is 317 g/mol. The molecule has 2 aromatic carbocycles. The van der Waals surface area contributed by atoms with Crippen LogP contribution >= 0.6 is 23.2 Å². The lowest BCUT2D eigenvalue weighted by Crippen LogP contribution is -2.31. The monoisotopic (exact) mass is 333 g/mol. The first-order chi connectivity index (χ1) is 10.6. The van der Waals surface area contributed by atoms with E-state index in [2.05, 4.69) is 17.4 Å². The van der Waals surface area contributed by atoms with Gasteiger partial charge in [0.05, 0.1) is 12.5 Å². The third-order valence-electron chi connectivity index (χ3n) is 3.93. The molecule has 1 aliphatic rings. The Kier molecular flexibility index (Phi) is 4.70. The molecule has 1 fully saturated rings. The van der Waals surface area contributed by atoms with Crippen molar-refractivity contribution in [2.24, 2.45) is 5.92 Å². The lowest BCUT2D eigenvalue weighted by Gasteiger charge is -2.19. The first-order valence-corrected chi connectivity index (χ1v) is 8.17. The van der Waals surface area contributed by atoms with Crippen molar-refractivity contribution in [2.45, 2.75) is 25.3 Å². The largest absolute Gasteiger partial charge is 0.349 e. The molecule has 2 aromatic rings. The van der Waals surface area contributed by atoms with Gasteiger partial charge in [0.2, 0.25) is 5.91 Å². The third kappa shape index (κ3) is 3.82. The van der Waals surface area contributed by atoms with Crippen molar-refractivity contribution in [1.82, 2.24) is 5.32 Å². The van der Waals surface area contributed by atoms with Crippen LogP contribution in [0.1, 0.15) is 30.0 Å². The third-order valence-corrected chi connectivity index (χ3v) is 4.52. The summed E-state index contributed by atoms with van der Waals surface area (Å²) in [5.41, 5.74) is 1.96. The fourth-order valence-corrected chi connectivity index (χ4v) is 3.10. The molecule has 0 saturated heterocycles. The van der Waals surface area contributed by atoms with Gasteiger partial charge in [0.15, 0.2) is 0 Å². The number of halogens is 2. The predicted molar refractivity (Wildman–Crippen MR) is 90.2 cm³/mol. The lowest BCUT2D eigenvalue weighted by atomic mass is 10.0. The number of amides is 1. The highest BCUT2D eigenvalue weighted by molar-refractivity contribution is 6.35. The Balaban J connectivity index is 1.69. The Bertz CT molecular complexity index is 668. The van der Waals surface area contributed by atoms with E-state index in [1.165, 1.54) is 18.4 Å². The Morgan fingerprint density at radius 2 is 1.86 bits per heavy atom. The fraction of sp³-hybridized carbons (Fsp3) is 0.278. The van der Waals surface area contributed by atoms with Gasteiger partial charge in [-0.3, -0.25) is 4.79 Å². The van der Waals surface area contributed by atoms with E-state index in [0.717, 1.165) is 5.56 Å². The van der Waals surface area contributed by atoms with Crippen LogP contribution in [0.4, 0.5) is 0 Å². The molecular formula is C18H17Cl2NO. The van der Waals surface area contributed by atoms with Crippen LogP contribution in [0.15, 0.2) is 48.5 Å². The first kappa shape index (κ1) is 15.4. The van der Waals surface area contributed by atoms with Crippen LogP contribution in [0.2, 0.25) is 10.0 Å². The van der Waals surface area contributed by atoms with Crippen LogP contribution < -0.4 is 5.32 Å². The number of carbonyl (C=O) groups excluding carboxylic acids is 1. The molecule has 3 rings (SSSR count). The highest BCUT2D eigenvalue weighted by Gasteiger charge is 2.33. The van der Waals surface area contributed by atoms with Crippen LogP contribution in [0.25, 0.3) is 0 Å². The van der Waals surface area contributed by atoms with Gasteiger partial charge in [0.1, 0.15) is 0 Å². The predicted octanol–water partition coefficient (Wildman–Crippen LogP) is 4.80. The average molecular weight is 334 g/mol. The maximum absolute atomic E-state index is 12.4. The molecule has 1 atom stereocenters.